The first kappa shape index (κ1) is 20.4. The van der Waals surface area contributed by atoms with Gasteiger partial charge in [-0.25, -0.2) is 4.39 Å². The molecule has 1 saturated heterocycles. The van der Waals surface area contributed by atoms with Crippen LogP contribution in [0.1, 0.15) is 0 Å². The molecule has 1 aliphatic rings. The Kier molecular flexibility index (Phi) is 6.89. The highest BCUT2D eigenvalue weighted by molar-refractivity contribution is 5.85. The maximum Gasteiger partial charge on any atom is 0.258 e. The molecule has 0 bridgehead atoms. The minimum atomic E-state index is -0.376. The second-order valence-corrected chi connectivity index (χ2v) is 6.56. The number of amides is 2. The highest BCUT2D eigenvalue weighted by Crippen LogP contribution is 2.20. The molecule has 2 aromatic carbocycles. The third-order valence-electron chi connectivity index (χ3n) is 4.69. The van der Waals surface area contributed by atoms with E-state index >= 15 is 0 Å². The number of methoxy groups -OCH3 is 1. The maximum atomic E-state index is 13.9. The second-order valence-electron chi connectivity index (χ2n) is 6.56. The zero-order valence-corrected chi connectivity index (χ0v) is 16.3. The van der Waals surface area contributed by atoms with E-state index in [1.165, 1.54) is 6.07 Å². The quantitative estimate of drug-likeness (QED) is 0.765. The van der Waals surface area contributed by atoms with Crippen LogP contribution in [-0.2, 0) is 9.59 Å². The Morgan fingerprint density at radius 2 is 1.66 bits per heavy atom. The zero-order chi connectivity index (χ0) is 20.6. The van der Waals surface area contributed by atoms with Crippen LogP contribution in [0.2, 0.25) is 0 Å². The van der Waals surface area contributed by atoms with Crippen LogP contribution in [-0.4, -0.2) is 63.2 Å². The average molecular weight is 401 g/mol. The van der Waals surface area contributed by atoms with Gasteiger partial charge in [-0.3, -0.25) is 9.59 Å². The molecular formula is C21H24FN3O4. The van der Waals surface area contributed by atoms with Crippen molar-refractivity contribution in [1.82, 2.24) is 10.2 Å². The number of carbonyl (C=O) groups is 2. The second kappa shape index (κ2) is 9.77. The maximum absolute atomic E-state index is 13.9. The van der Waals surface area contributed by atoms with Crippen molar-refractivity contribution in [1.29, 1.82) is 0 Å². The van der Waals surface area contributed by atoms with Crippen LogP contribution in [0.25, 0.3) is 0 Å². The summed E-state index contributed by atoms with van der Waals surface area (Å²) >= 11 is 0. The summed E-state index contributed by atoms with van der Waals surface area (Å²) in [6.45, 7) is 1.77. The summed E-state index contributed by atoms with van der Waals surface area (Å²) < 4.78 is 24.3. The fourth-order valence-electron chi connectivity index (χ4n) is 3.06. The van der Waals surface area contributed by atoms with E-state index in [2.05, 4.69) is 5.32 Å². The Balaban J connectivity index is 1.38. The number of piperazine rings is 1. The molecule has 29 heavy (non-hydrogen) atoms. The van der Waals surface area contributed by atoms with Crippen molar-refractivity contribution in [2.24, 2.45) is 0 Å². The number of carbonyl (C=O) groups excluding carboxylic acids is 2. The van der Waals surface area contributed by atoms with Crippen molar-refractivity contribution in [2.75, 3.05) is 51.3 Å². The first-order valence-corrected chi connectivity index (χ1v) is 9.37. The van der Waals surface area contributed by atoms with Crippen LogP contribution in [0.5, 0.6) is 11.5 Å². The highest BCUT2D eigenvalue weighted by atomic mass is 19.1. The zero-order valence-electron chi connectivity index (χ0n) is 16.3. The summed E-state index contributed by atoms with van der Waals surface area (Å²) in [5.74, 6) is 0.422. The minimum Gasteiger partial charge on any atom is -0.497 e. The van der Waals surface area contributed by atoms with Gasteiger partial charge in [-0.15, -0.1) is 0 Å². The molecule has 154 valence electrons. The number of nitrogens with one attached hydrogen (secondary N) is 1. The smallest absolute Gasteiger partial charge is 0.258 e. The number of benzene rings is 2. The fraction of sp³-hybridized carbons (Fsp3) is 0.333. The first-order chi connectivity index (χ1) is 14.1. The van der Waals surface area contributed by atoms with Crippen LogP contribution >= 0.6 is 0 Å². The van der Waals surface area contributed by atoms with Gasteiger partial charge < -0.3 is 24.6 Å². The third-order valence-corrected chi connectivity index (χ3v) is 4.69. The van der Waals surface area contributed by atoms with Crippen molar-refractivity contribution in [3.8, 4) is 11.5 Å². The molecule has 8 heteroatoms. The van der Waals surface area contributed by atoms with Gasteiger partial charge in [-0.05, 0) is 36.4 Å². The van der Waals surface area contributed by atoms with Crippen molar-refractivity contribution in [3.63, 3.8) is 0 Å². The monoisotopic (exact) mass is 401 g/mol. The molecule has 0 atom stereocenters. The molecule has 7 nitrogen and oxygen atoms in total. The Morgan fingerprint density at radius 3 is 2.31 bits per heavy atom. The van der Waals surface area contributed by atoms with Gasteiger partial charge in [-0.2, -0.15) is 0 Å². The van der Waals surface area contributed by atoms with Crippen LogP contribution in [0.15, 0.2) is 48.5 Å². The van der Waals surface area contributed by atoms with E-state index in [1.54, 1.807) is 54.5 Å². The largest absolute Gasteiger partial charge is 0.497 e. The first-order valence-electron chi connectivity index (χ1n) is 9.37. The Labute approximate surface area is 169 Å². The van der Waals surface area contributed by atoms with Gasteiger partial charge in [0.1, 0.15) is 17.3 Å². The lowest BCUT2D eigenvalue weighted by Crippen LogP contribution is -2.51. The van der Waals surface area contributed by atoms with Crippen molar-refractivity contribution in [2.45, 2.75) is 0 Å². The number of anilines is 1. The van der Waals surface area contributed by atoms with Crippen LogP contribution in [0.3, 0.4) is 0 Å². The average Bonchev–Trinajstić information content (AvgIpc) is 2.77. The molecule has 0 aliphatic carbocycles. The molecule has 1 fully saturated rings. The van der Waals surface area contributed by atoms with E-state index in [-0.39, 0.29) is 30.8 Å². The molecule has 0 aromatic heterocycles. The molecule has 0 radical (unpaired) electrons. The summed E-state index contributed by atoms with van der Waals surface area (Å²) in [7, 11) is 1.57. The number of ether oxygens (including phenoxy) is 2. The summed E-state index contributed by atoms with van der Waals surface area (Å²) in [5.41, 5.74) is 0.545. The fourth-order valence-corrected chi connectivity index (χ4v) is 3.06. The molecule has 0 saturated carbocycles. The molecule has 3 rings (SSSR count). The van der Waals surface area contributed by atoms with Gasteiger partial charge >= 0.3 is 0 Å². The Morgan fingerprint density at radius 1 is 1.00 bits per heavy atom. The standard InChI is InChI=1S/C21H24FN3O4/c1-28-16-6-8-17(9-7-16)29-15-20(26)23-14-21(27)25-12-10-24(11-13-25)19-5-3-2-4-18(19)22/h2-9H,10-15H2,1H3,(H,23,26). The van der Waals surface area contributed by atoms with E-state index in [1.807, 2.05) is 4.90 Å². The van der Waals surface area contributed by atoms with Crippen LogP contribution in [0, 0.1) is 5.82 Å². The van der Waals surface area contributed by atoms with Gasteiger partial charge in [0, 0.05) is 26.2 Å². The van der Waals surface area contributed by atoms with Crippen molar-refractivity contribution >= 4 is 17.5 Å². The van der Waals surface area contributed by atoms with Crippen molar-refractivity contribution < 1.29 is 23.5 Å². The molecule has 1 aliphatic heterocycles. The van der Waals surface area contributed by atoms with Crippen molar-refractivity contribution in [3.05, 3.63) is 54.3 Å². The Bertz CT molecular complexity index is 836. The van der Waals surface area contributed by atoms with Gasteiger partial charge in [0.25, 0.3) is 5.91 Å². The number of hydrogen-bond donors (Lipinski definition) is 1. The lowest BCUT2D eigenvalue weighted by Gasteiger charge is -2.36. The summed E-state index contributed by atoms with van der Waals surface area (Å²) in [6, 6.07) is 13.5. The summed E-state index contributed by atoms with van der Waals surface area (Å²) in [6.07, 6.45) is 0. The van der Waals surface area contributed by atoms with E-state index in [0.29, 0.717) is 43.4 Å². The van der Waals surface area contributed by atoms with E-state index in [9.17, 15) is 14.0 Å². The van der Waals surface area contributed by atoms with E-state index in [0.717, 1.165) is 0 Å². The summed E-state index contributed by atoms with van der Waals surface area (Å²) in [4.78, 5) is 27.8. The number of para-hydroxylation sites is 1. The number of halogens is 1. The van der Waals surface area contributed by atoms with E-state index < -0.39 is 0 Å². The predicted molar refractivity (Wildman–Crippen MR) is 107 cm³/mol. The van der Waals surface area contributed by atoms with E-state index in [4.69, 9.17) is 9.47 Å². The molecule has 2 aromatic rings. The molecule has 2 amide bonds. The number of hydrogen-bond acceptors (Lipinski definition) is 5. The van der Waals surface area contributed by atoms with Gasteiger partial charge in [-0.1, -0.05) is 12.1 Å². The summed E-state index contributed by atoms with van der Waals surface area (Å²) in [5, 5.41) is 2.57. The number of rotatable bonds is 7. The normalized spacial score (nSPS) is 13.7. The minimum absolute atomic E-state index is 0.0928. The molecule has 0 unspecified atom stereocenters. The van der Waals surface area contributed by atoms with Crippen LogP contribution < -0.4 is 19.7 Å². The molecular weight excluding hydrogens is 377 g/mol. The van der Waals surface area contributed by atoms with Gasteiger partial charge in [0.15, 0.2) is 6.61 Å². The topological polar surface area (TPSA) is 71.1 Å². The number of nitrogens with zero attached hydrogens (tertiary/aromatic N) is 2. The molecule has 1 heterocycles. The third kappa shape index (κ3) is 5.60. The van der Waals surface area contributed by atoms with Crippen LogP contribution in [0.4, 0.5) is 10.1 Å². The highest BCUT2D eigenvalue weighted by Gasteiger charge is 2.22. The Hall–Kier alpha value is -3.29. The van der Waals surface area contributed by atoms with Gasteiger partial charge in [0.2, 0.25) is 5.91 Å². The molecule has 1 N–H and O–H groups in total. The molecule has 0 spiro atoms. The lowest BCUT2D eigenvalue weighted by atomic mass is 10.2. The SMILES string of the molecule is COc1ccc(OCC(=O)NCC(=O)N2CCN(c3ccccc3F)CC2)cc1. The lowest BCUT2D eigenvalue weighted by molar-refractivity contribution is -0.133. The van der Waals surface area contributed by atoms with Gasteiger partial charge in [0.05, 0.1) is 19.3 Å². The predicted octanol–water partition coefficient (Wildman–Crippen LogP) is 1.68.